The lowest BCUT2D eigenvalue weighted by atomic mass is 10.1. The molecule has 0 saturated heterocycles. The van der Waals surface area contributed by atoms with Crippen LogP contribution in [0.4, 0.5) is 18.9 Å². The van der Waals surface area contributed by atoms with Crippen LogP contribution in [0.3, 0.4) is 0 Å². The van der Waals surface area contributed by atoms with Crippen molar-refractivity contribution < 1.29 is 22.8 Å². The molecule has 0 bridgehead atoms. The Hall–Kier alpha value is -3.56. The number of nitrogens with one attached hydrogen (secondary N) is 3. The number of hydrogen-bond acceptors (Lipinski definition) is 3. The maximum atomic E-state index is 13.7. The molecule has 2 aromatic rings. The molecule has 0 unspecified atom stereocenters. The van der Waals surface area contributed by atoms with E-state index in [9.17, 15) is 22.8 Å². The summed E-state index contributed by atoms with van der Waals surface area (Å²) >= 11 is 0. The Morgan fingerprint density at radius 2 is 1.78 bits per heavy atom. The lowest BCUT2D eigenvalue weighted by Gasteiger charge is -2.13. The van der Waals surface area contributed by atoms with Crippen LogP contribution < -0.4 is 16.0 Å². The molecule has 10 heteroatoms. The molecule has 0 radical (unpaired) electrons. The van der Waals surface area contributed by atoms with Gasteiger partial charge in [-0.2, -0.15) is 0 Å². The van der Waals surface area contributed by atoms with Gasteiger partial charge in [-0.3, -0.25) is 9.59 Å². The smallest absolute Gasteiger partial charge is 0.253 e. The van der Waals surface area contributed by atoms with Crippen LogP contribution in [-0.4, -0.2) is 56.4 Å². The van der Waals surface area contributed by atoms with Crippen LogP contribution in [0, 0.1) is 17.5 Å². The van der Waals surface area contributed by atoms with Gasteiger partial charge in [0.1, 0.15) is 6.54 Å². The Morgan fingerprint density at radius 3 is 2.47 bits per heavy atom. The molecule has 0 aliphatic heterocycles. The first-order valence-electron chi connectivity index (χ1n) is 9.99. The number of amides is 2. The van der Waals surface area contributed by atoms with E-state index in [4.69, 9.17) is 0 Å². The van der Waals surface area contributed by atoms with Gasteiger partial charge in [0.05, 0.1) is 5.69 Å². The first-order valence-corrected chi connectivity index (χ1v) is 9.99. The second-order valence-electron chi connectivity index (χ2n) is 7.04. The number of benzene rings is 2. The van der Waals surface area contributed by atoms with Crippen LogP contribution in [0.25, 0.3) is 0 Å². The van der Waals surface area contributed by atoms with E-state index in [0.29, 0.717) is 31.0 Å². The van der Waals surface area contributed by atoms with E-state index in [1.807, 2.05) is 25.1 Å². The van der Waals surface area contributed by atoms with E-state index in [0.717, 1.165) is 17.7 Å². The minimum Gasteiger partial charge on any atom is -0.357 e. The molecule has 0 atom stereocenters. The molecule has 172 valence electrons. The van der Waals surface area contributed by atoms with Gasteiger partial charge in [-0.1, -0.05) is 12.1 Å². The van der Waals surface area contributed by atoms with Crippen LogP contribution in [0.15, 0.2) is 41.4 Å². The molecule has 0 saturated carbocycles. The van der Waals surface area contributed by atoms with Crippen LogP contribution in [-0.2, 0) is 11.2 Å². The normalized spacial score (nSPS) is 11.1. The Balaban J connectivity index is 1.93. The number of guanidine groups is 1. The molecule has 0 aromatic heterocycles. The summed E-state index contributed by atoms with van der Waals surface area (Å²) in [5.74, 6) is -4.89. The number of aliphatic imine (C=N–C) groups is 1. The molecular weight excluding hydrogens is 423 g/mol. The fourth-order valence-electron chi connectivity index (χ4n) is 2.75. The van der Waals surface area contributed by atoms with E-state index >= 15 is 0 Å². The molecular formula is C22H26F3N5O2. The summed E-state index contributed by atoms with van der Waals surface area (Å²) in [6, 6.07) is 8.95. The summed E-state index contributed by atoms with van der Waals surface area (Å²) in [5, 5.41) is 8.21. The Bertz CT molecular complexity index is 996. The monoisotopic (exact) mass is 449 g/mol. The van der Waals surface area contributed by atoms with Gasteiger partial charge in [0, 0.05) is 32.7 Å². The highest BCUT2D eigenvalue weighted by atomic mass is 19.2. The lowest BCUT2D eigenvalue weighted by Crippen LogP contribution is -2.39. The minimum absolute atomic E-state index is 0.0850. The number of rotatable bonds is 8. The van der Waals surface area contributed by atoms with E-state index < -0.39 is 29.0 Å². The summed E-state index contributed by atoms with van der Waals surface area (Å²) in [4.78, 5) is 29.7. The van der Waals surface area contributed by atoms with Crippen LogP contribution >= 0.6 is 0 Å². The predicted octanol–water partition coefficient (Wildman–Crippen LogP) is 2.54. The molecule has 0 spiro atoms. The van der Waals surface area contributed by atoms with Gasteiger partial charge in [-0.25, -0.2) is 18.2 Å². The van der Waals surface area contributed by atoms with Crippen molar-refractivity contribution >= 4 is 23.5 Å². The van der Waals surface area contributed by atoms with Gasteiger partial charge >= 0.3 is 0 Å². The van der Waals surface area contributed by atoms with Gasteiger partial charge in [-0.05, 0) is 43.2 Å². The Kier molecular flexibility index (Phi) is 9.06. The van der Waals surface area contributed by atoms with Crippen molar-refractivity contribution in [3.63, 3.8) is 0 Å². The van der Waals surface area contributed by atoms with Crippen molar-refractivity contribution in [2.24, 2.45) is 4.99 Å². The highest BCUT2D eigenvalue weighted by Crippen LogP contribution is 2.19. The van der Waals surface area contributed by atoms with Crippen molar-refractivity contribution in [1.29, 1.82) is 0 Å². The number of hydrogen-bond donors (Lipinski definition) is 3. The molecule has 0 fully saturated rings. The molecule has 2 aromatic carbocycles. The predicted molar refractivity (Wildman–Crippen MR) is 117 cm³/mol. The summed E-state index contributed by atoms with van der Waals surface area (Å²) in [5.41, 5.74) is 1.08. The first kappa shape index (κ1) is 24.7. The number of carbonyl (C=O) groups is 2. The van der Waals surface area contributed by atoms with Crippen molar-refractivity contribution in [3.8, 4) is 0 Å². The fourth-order valence-corrected chi connectivity index (χ4v) is 2.75. The third-order valence-electron chi connectivity index (χ3n) is 4.32. The van der Waals surface area contributed by atoms with E-state index in [1.165, 1.54) is 4.90 Å². The van der Waals surface area contributed by atoms with Crippen molar-refractivity contribution in [2.75, 3.05) is 39.0 Å². The van der Waals surface area contributed by atoms with Gasteiger partial charge in [0.15, 0.2) is 23.4 Å². The quantitative estimate of drug-likeness (QED) is 0.329. The van der Waals surface area contributed by atoms with Gasteiger partial charge in [-0.15, -0.1) is 0 Å². The van der Waals surface area contributed by atoms with Crippen LogP contribution in [0.1, 0.15) is 22.8 Å². The van der Waals surface area contributed by atoms with Crippen LogP contribution in [0.2, 0.25) is 0 Å². The zero-order valence-electron chi connectivity index (χ0n) is 18.1. The van der Waals surface area contributed by atoms with Crippen molar-refractivity contribution in [3.05, 3.63) is 65.0 Å². The molecule has 32 heavy (non-hydrogen) atoms. The van der Waals surface area contributed by atoms with E-state index in [2.05, 4.69) is 20.9 Å². The van der Waals surface area contributed by atoms with Crippen molar-refractivity contribution in [2.45, 2.75) is 13.3 Å². The molecule has 2 rings (SSSR count). The highest BCUT2D eigenvalue weighted by Gasteiger charge is 2.15. The SMILES string of the molecule is CCNC(=NCC(=O)Nc1ccc(F)c(F)c1F)NCCc1cccc(C(=O)N(C)C)c1. The third-order valence-corrected chi connectivity index (χ3v) is 4.32. The first-order chi connectivity index (χ1) is 15.2. The molecule has 3 N–H and O–H groups in total. The molecule has 7 nitrogen and oxygen atoms in total. The topological polar surface area (TPSA) is 85.8 Å². The summed E-state index contributed by atoms with van der Waals surface area (Å²) in [7, 11) is 3.37. The van der Waals surface area contributed by atoms with Gasteiger partial charge in [0.25, 0.3) is 5.91 Å². The van der Waals surface area contributed by atoms with Gasteiger partial charge in [0.2, 0.25) is 5.91 Å². The number of halogens is 3. The maximum Gasteiger partial charge on any atom is 0.253 e. The molecule has 0 heterocycles. The van der Waals surface area contributed by atoms with Gasteiger partial charge < -0.3 is 20.9 Å². The second kappa shape index (κ2) is 11.7. The number of carbonyl (C=O) groups excluding carboxylic acids is 2. The third kappa shape index (κ3) is 7.00. The average Bonchev–Trinajstić information content (AvgIpc) is 2.77. The zero-order valence-corrected chi connectivity index (χ0v) is 18.1. The second-order valence-corrected chi connectivity index (χ2v) is 7.04. The minimum atomic E-state index is -1.65. The number of anilines is 1. The largest absolute Gasteiger partial charge is 0.357 e. The van der Waals surface area contributed by atoms with E-state index in [1.54, 1.807) is 20.2 Å². The van der Waals surface area contributed by atoms with Crippen LogP contribution in [0.5, 0.6) is 0 Å². The standard InChI is InChI=1S/C22H26F3N5O2/c1-4-26-22(27-11-10-14-6-5-7-15(12-14)21(32)30(2)3)28-13-18(31)29-17-9-8-16(23)19(24)20(17)25/h5-9,12H,4,10-11,13H2,1-3H3,(H,29,31)(H2,26,27,28). The Labute approximate surface area is 184 Å². The number of nitrogens with zero attached hydrogens (tertiary/aromatic N) is 2. The van der Waals surface area contributed by atoms with E-state index in [-0.39, 0.29) is 12.5 Å². The van der Waals surface area contributed by atoms with Crippen molar-refractivity contribution in [1.82, 2.24) is 15.5 Å². The highest BCUT2D eigenvalue weighted by molar-refractivity contribution is 5.94. The molecule has 0 aliphatic carbocycles. The average molecular weight is 449 g/mol. The summed E-state index contributed by atoms with van der Waals surface area (Å²) < 4.78 is 39.9. The fraction of sp³-hybridized carbons (Fsp3) is 0.318. The zero-order chi connectivity index (χ0) is 23.7. The molecule has 2 amide bonds. The lowest BCUT2D eigenvalue weighted by molar-refractivity contribution is -0.114. The maximum absolute atomic E-state index is 13.7. The molecule has 0 aliphatic rings. The summed E-state index contributed by atoms with van der Waals surface area (Å²) in [6.45, 7) is 2.51. The Morgan fingerprint density at radius 1 is 1.03 bits per heavy atom. The summed E-state index contributed by atoms with van der Waals surface area (Å²) in [6.07, 6.45) is 0.602.